The molecule has 1 aromatic carbocycles. The second kappa shape index (κ2) is 6.92. The molecule has 1 aliphatic rings. The maximum atomic E-state index is 12.7. The van der Waals surface area contributed by atoms with Crippen LogP contribution in [0.2, 0.25) is 0 Å². The average molecular weight is 348 g/mol. The fraction of sp³-hybridized carbons (Fsp3) is 0.200. The van der Waals surface area contributed by atoms with Crippen LogP contribution in [0.15, 0.2) is 67.3 Å². The van der Waals surface area contributed by atoms with E-state index in [1.807, 2.05) is 58.3 Å². The highest BCUT2D eigenvalue weighted by Crippen LogP contribution is 2.14. The zero-order valence-electron chi connectivity index (χ0n) is 14.3. The first kappa shape index (κ1) is 16.2. The van der Waals surface area contributed by atoms with E-state index in [2.05, 4.69) is 4.98 Å². The van der Waals surface area contributed by atoms with Crippen LogP contribution < -0.4 is 0 Å². The third-order valence-electron chi connectivity index (χ3n) is 4.72. The second-order valence-electron chi connectivity index (χ2n) is 6.32. The quantitative estimate of drug-likeness (QED) is 0.790. The Hall–Kier alpha value is -3.28. The number of hydrogen-bond donors (Lipinski definition) is 1. The monoisotopic (exact) mass is 348 g/mol. The van der Waals surface area contributed by atoms with E-state index >= 15 is 0 Å². The predicted octanol–water partition coefficient (Wildman–Crippen LogP) is 2.40. The van der Waals surface area contributed by atoms with Gasteiger partial charge in [-0.05, 0) is 42.5 Å². The van der Waals surface area contributed by atoms with Gasteiger partial charge >= 0.3 is 0 Å². The molecule has 6 nitrogen and oxygen atoms in total. The molecule has 0 bridgehead atoms. The van der Waals surface area contributed by atoms with Crippen molar-refractivity contribution in [2.24, 2.45) is 0 Å². The maximum Gasteiger partial charge on any atom is 0.255 e. The highest BCUT2D eigenvalue weighted by molar-refractivity contribution is 5.96. The molecule has 6 heteroatoms. The summed E-state index contributed by atoms with van der Waals surface area (Å²) in [4.78, 5) is 31.6. The number of piperazine rings is 1. The summed E-state index contributed by atoms with van der Waals surface area (Å²) < 4.78 is 2.00. The van der Waals surface area contributed by atoms with Crippen molar-refractivity contribution in [1.82, 2.24) is 19.4 Å². The predicted molar refractivity (Wildman–Crippen MR) is 98.4 cm³/mol. The van der Waals surface area contributed by atoms with Crippen LogP contribution in [0.1, 0.15) is 20.7 Å². The molecule has 4 rings (SSSR count). The van der Waals surface area contributed by atoms with Gasteiger partial charge in [-0.25, -0.2) is 0 Å². The van der Waals surface area contributed by atoms with Gasteiger partial charge in [0, 0.05) is 62.2 Å². The smallest absolute Gasteiger partial charge is 0.255 e. The summed E-state index contributed by atoms with van der Waals surface area (Å²) in [5, 5.41) is 0. The number of aromatic nitrogens is 2. The number of carbonyl (C=O) groups excluding carboxylic acids is 2. The zero-order valence-corrected chi connectivity index (χ0v) is 14.3. The van der Waals surface area contributed by atoms with Gasteiger partial charge in [0.1, 0.15) is 0 Å². The van der Waals surface area contributed by atoms with E-state index < -0.39 is 0 Å². The maximum absolute atomic E-state index is 12.7. The van der Waals surface area contributed by atoms with Crippen molar-refractivity contribution < 1.29 is 9.59 Å². The molecule has 0 aliphatic carbocycles. The van der Waals surface area contributed by atoms with Gasteiger partial charge in [0.05, 0.1) is 5.56 Å². The van der Waals surface area contributed by atoms with Crippen molar-refractivity contribution in [3.05, 3.63) is 78.4 Å². The number of rotatable bonds is 3. The minimum atomic E-state index is 0.00873. The number of aromatic amines is 1. The van der Waals surface area contributed by atoms with Crippen molar-refractivity contribution in [2.75, 3.05) is 26.2 Å². The van der Waals surface area contributed by atoms with Gasteiger partial charge in [0.25, 0.3) is 11.8 Å². The summed E-state index contributed by atoms with van der Waals surface area (Å²) in [6.07, 6.45) is 7.38. The summed E-state index contributed by atoms with van der Waals surface area (Å²) in [6, 6.07) is 13.3. The first-order chi connectivity index (χ1) is 12.7. The van der Waals surface area contributed by atoms with Crippen LogP contribution >= 0.6 is 0 Å². The summed E-state index contributed by atoms with van der Waals surface area (Å²) in [5.41, 5.74) is 2.35. The van der Waals surface area contributed by atoms with Crippen LogP contribution in [0.25, 0.3) is 5.69 Å². The Bertz CT molecular complexity index is 875. The van der Waals surface area contributed by atoms with Gasteiger partial charge in [0.2, 0.25) is 0 Å². The lowest BCUT2D eigenvalue weighted by Gasteiger charge is -2.34. The van der Waals surface area contributed by atoms with Crippen molar-refractivity contribution in [1.29, 1.82) is 0 Å². The van der Waals surface area contributed by atoms with Gasteiger partial charge in [-0.15, -0.1) is 0 Å². The van der Waals surface area contributed by atoms with Crippen LogP contribution in [0, 0.1) is 0 Å². The number of amides is 2. The Kier molecular flexibility index (Phi) is 4.31. The molecule has 0 radical (unpaired) electrons. The third kappa shape index (κ3) is 3.13. The normalized spacial score (nSPS) is 14.5. The molecular formula is C20H20N4O2. The van der Waals surface area contributed by atoms with E-state index in [1.165, 1.54) is 0 Å². The fourth-order valence-corrected chi connectivity index (χ4v) is 3.22. The van der Waals surface area contributed by atoms with Crippen molar-refractivity contribution in [2.45, 2.75) is 0 Å². The molecule has 0 spiro atoms. The highest BCUT2D eigenvalue weighted by Gasteiger charge is 2.25. The molecule has 26 heavy (non-hydrogen) atoms. The van der Waals surface area contributed by atoms with E-state index in [4.69, 9.17) is 0 Å². The van der Waals surface area contributed by atoms with Gasteiger partial charge < -0.3 is 19.4 Å². The molecule has 132 valence electrons. The lowest BCUT2D eigenvalue weighted by atomic mass is 10.1. The molecule has 3 heterocycles. The van der Waals surface area contributed by atoms with Crippen LogP contribution in [-0.2, 0) is 0 Å². The molecule has 1 fully saturated rings. The Balaban J connectivity index is 1.38. The number of H-pyrrole nitrogens is 1. The topological polar surface area (TPSA) is 61.3 Å². The summed E-state index contributed by atoms with van der Waals surface area (Å²) in [5.74, 6) is 0.0206. The van der Waals surface area contributed by atoms with Crippen LogP contribution in [0.5, 0.6) is 0 Å². The summed E-state index contributed by atoms with van der Waals surface area (Å²) in [7, 11) is 0. The van der Waals surface area contributed by atoms with Crippen molar-refractivity contribution >= 4 is 11.8 Å². The molecular weight excluding hydrogens is 328 g/mol. The van der Waals surface area contributed by atoms with Crippen LogP contribution in [0.3, 0.4) is 0 Å². The Morgan fingerprint density at radius 3 is 1.88 bits per heavy atom. The Morgan fingerprint density at radius 2 is 1.35 bits per heavy atom. The lowest BCUT2D eigenvalue weighted by molar-refractivity contribution is 0.0535. The Morgan fingerprint density at radius 1 is 0.769 bits per heavy atom. The van der Waals surface area contributed by atoms with Gasteiger partial charge in [0.15, 0.2) is 0 Å². The van der Waals surface area contributed by atoms with E-state index in [-0.39, 0.29) is 11.8 Å². The van der Waals surface area contributed by atoms with E-state index in [0.717, 1.165) is 5.69 Å². The number of carbonyl (C=O) groups is 2. The molecule has 1 aliphatic heterocycles. The SMILES string of the molecule is O=C(c1ccc(-n2cccc2)cc1)N1CCN(C(=O)c2cc[nH]c2)CC1. The summed E-state index contributed by atoms with van der Waals surface area (Å²) >= 11 is 0. The van der Waals surface area contributed by atoms with Crippen LogP contribution in [0.4, 0.5) is 0 Å². The zero-order chi connectivity index (χ0) is 17.9. The fourth-order valence-electron chi connectivity index (χ4n) is 3.22. The molecule has 2 aromatic heterocycles. The first-order valence-corrected chi connectivity index (χ1v) is 8.67. The lowest BCUT2D eigenvalue weighted by Crippen LogP contribution is -2.50. The second-order valence-corrected chi connectivity index (χ2v) is 6.32. The average Bonchev–Trinajstić information content (AvgIpc) is 3.41. The van der Waals surface area contributed by atoms with E-state index in [0.29, 0.717) is 37.3 Å². The van der Waals surface area contributed by atoms with Crippen molar-refractivity contribution in [3.63, 3.8) is 0 Å². The third-order valence-corrected chi connectivity index (χ3v) is 4.72. The molecule has 1 saturated heterocycles. The van der Waals surface area contributed by atoms with Crippen LogP contribution in [-0.4, -0.2) is 57.3 Å². The molecule has 2 amide bonds. The minimum Gasteiger partial charge on any atom is -0.367 e. The van der Waals surface area contributed by atoms with E-state index in [9.17, 15) is 9.59 Å². The number of nitrogens with one attached hydrogen (secondary N) is 1. The Labute approximate surface area is 151 Å². The minimum absolute atomic E-state index is 0.00873. The largest absolute Gasteiger partial charge is 0.367 e. The number of hydrogen-bond acceptors (Lipinski definition) is 2. The summed E-state index contributed by atoms with van der Waals surface area (Å²) in [6.45, 7) is 2.21. The molecule has 0 unspecified atom stereocenters. The standard InChI is InChI=1S/C20H20N4O2/c25-19(16-3-5-18(6-4-16)22-9-1-2-10-22)23-11-13-24(14-12-23)20(26)17-7-8-21-15-17/h1-10,15,21H,11-14H2. The number of benzene rings is 1. The highest BCUT2D eigenvalue weighted by atomic mass is 16.2. The molecule has 0 atom stereocenters. The molecule has 1 N–H and O–H groups in total. The van der Waals surface area contributed by atoms with Gasteiger partial charge in [-0.2, -0.15) is 0 Å². The first-order valence-electron chi connectivity index (χ1n) is 8.67. The van der Waals surface area contributed by atoms with Gasteiger partial charge in [-0.1, -0.05) is 0 Å². The molecule has 3 aromatic rings. The van der Waals surface area contributed by atoms with E-state index in [1.54, 1.807) is 23.4 Å². The molecule has 0 saturated carbocycles. The van der Waals surface area contributed by atoms with Crippen molar-refractivity contribution in [3.8, 4) is 5.69 Å². The van der Waals surface area contributed by atoms with Gasteiger partial charge in [-0.3, -0.25) is 9.59 Å². The number of nitrogens with zero attached hydrogens (tertiary/aromatic N) is 3.